The summed E-state index contributed by atoms with van der Waals surface area (Å²) in [7, 11) is 1.89. The predicted octanol–water partition coefficient (Wildman–Crippen LogP) is -4.61. The van der Waals surface area contributed by atoms with Gasteiger partial charge in [0.25, 0.3) is 0 Å². The van der Waals surface area contributed by atoms with Crippen molar-refractivity contribution < 1.29 is 62.6 Å². The highest BCUT2D eigenvalue weighted by Gasteiger charge is 2.36. The molecule has 33 heteroatoms. The first-order valence-corrected chi connectivity index (χ1v) is 29.2. The summed E-state index contributed by atoms with van der Waals surface area (Å²) in [5, 5.41) is 35.3. The van der Waals surface area contributed by atoms with E-state index in [1.54, 1.807) is 26.1 Å². The zero-order valence-electron chi connectivity index (χ0n) is 47.2. The number of primary amides is 1. The maximum atomic E-state index is 14.7. The summed E-state index contributed by atoms with van der Waals surface area (Å²) in [5.74, 6) is -11.9. The molecular formula is C51H76N18O13S2. The molecule has 1 saturated heterocycles. The van der Waals surface area contributed by atoms with E-state index in [4.69, 9.17) is 28.0 Å². The molecule has 21 N–H and O–H groups in total. The van der Waals surface area contributed by atoms with Crippen molar-refractivity contribution in [1.82, 2.24) is 68.1 Å². The zero-order chi connectivity index (χ0) is 62.4. The second-order valence-corrected chi connectivity index (χ2v) is 22.9. The number of hydrogen-bond acceptors (Lipinski definition) is 17. The van der Waals surface area contributed by atoms with Gasteiger partial charge in [-0.1, -0.05) is 53.6 Å². The summed E-state index contributed by atoms with van der Waals surface area (Å²) >= 11 is 0. The molecule has 1 aromatic carbocycles. The molecule has 2 aromatic heterocycles. The maximum Gasteiger partial charge on any atom is 0.305 e. The van der Waals surface area contributed by atoms with Gasteiger partial charge in [-0.3, -0.25) is 62.5 Å². The highest BCUT2D eigenvalue weighted by Crippen LogP contribution is 2.24. The molecule has 0 saturated carbocycles. The van der Waals surface area contributed by atoms with Crippen LogP contribution < -0.4 is 76.1 Å². The molecule has 0 radical (unpaired) electrons. The monoisotopic (exact) mass is 1210 g/mol. The van der Waals surface area contributed by atoms with E-state index in [-0.39, 0.29) is 62.0 Å². The van der Waals surface area contributed by atoms with E-state index >= 15 is 0 Å². The number of carbonyl (C=O) groups is 12. The average Bonchev–Trinajstić information content (AvgIpc) is 4.15. The Hall–Kier alpha value is -8.46. The van der Waals surface area contributed by atoms with Gasteiger partial charge in [-0.2, -0.15) is 0 Å². The summed E-state index contributed by atoms with van der Waals surface area (Å²) in [4.78, 5) is 175. The fourth-order valence-corrected chi connectivity index (χ4v) is 10.5. The van der Waals surface area contributed by atoms with Gasteiger partial charge in [0.2, 0.25) is 65.0 Å². The minimum atomic E-state index is -1.51. The van der Waals surface area contributed by atoms with E-state index in [0.29, 0.717) is 11.3 Å². The molecule has 84 heavy (non-hydrogen) atoms. The number of aromatic nitrogens is 3. The van der Waals surface area contributed by atoms with Crippen LogP contribution in [-0.2, 0) is 70.4 Å². The number of carbonyl (C=O) groups excluding carboxylic acids is 11. The standard InChI is InChI=1S/C51H76N18O13S2/c1-23(2)14-34(46(78)67-35(15-28-18-58-32-11-8-7-10-30(28)32)47(79)64-33(40(53)72)12-9-13-57-51(54)55)66-50(82)38-21-84-83-20-37(68-44(76)27(6)61-41(73)24(3)62-45(77)31(52)17-39(70)71)49(81)63-25(4)42(74)60-26(5)43(75)65-36(48(80)69-38)16-29-19-56-22-59-29/h7-8,10-11,18-19,22-27,31,33-38,58H,9,12-17,20-21,52H2,1-6H3,(H2,53,72)(H,56,59)(H,60,74)(H,61,73)(H,62,77)(H,63,81)(H,64,79)(H,65,75)(H,66,82)(H,67,78)(H,68,76)(H,69,80)(H,70,71)(H4,54,55,57)/t24-,25-,26-,27-,31-,33-,34-,35-,36-,37-,38-/m0/s1. The Bertz CT molecular complexity index is 2870. The first kappa shape index (κ1) is 68.0. The number of imidazole rings is 1. The fourth-order valence-electron chi connectivity index (χ4n) is 8.18. The van der Waals surface area contributed by atoms with Crippen LogP contribution >= 0.6 is 21.6 Å². The van der Waals surface area contributed by atoms with Gasteiger partial charge in [-0.25, -0.2) is 4.98 Å². The van der Waals surface area contributed by atoms with Crippen LogP contribution in [-0.4, -0.2) is 181 Å². The topological polar surface area (TPSA) is 506 Å². The highest BCUT2D eigenvalue weighted by molar-refractivity contribution is 8.76. The van der Waals surface area contributed by atoms with Gasteiger partial charge in [0.05, 0.1) is 18.8 Å². The highest BCUT2D eigenvalue weighted by atomic mass is 33.1. The van der Waals surface area contributed by atoms with Crippen LogP contribution in [0.2, 0.25) is 0 Å². The molecule has 3 heterocycles. The van der Waals surface area contributed by atoms with Crippen molar-refractivity contribution in [1.29, 1.82) is 0 Å². The minimum Gasteiger partial charge on any atom is -0.481 e. The Morgan fingerprint density at radius 1 is 0.726 bits per heavy atom. The van der Waals surface area contributed by atoms with Crippen LogP contribution in [0, 0.1) is 5.92 Å². The Morgan fingerprint density at radius 3 is 1.99 bits per heavy atom. The van der Waals surface area contributed by atoms with Crippen molar-refractivity contribution >= 4 is 109 Å². The smallest absolute Gasteiger partial charge is 0.305 e. The van der Waals surface area contributed by atoms with Crippen LogP contribution in [0.25, 0.3) is 10.9 Å². The number of guanidine groups is 1. The summed E-state index contributed by atoms with van der Waals surface area (Å²) in [6.07, 6.45) is 3.73. The van der Waals surface area contributed by atoms with Crippen LogP contribution in [0.3, 0.4) is 0 Å². The van der Waals surface area contributed by atoms with Gasteiger partial charge >= 0.3 is 5.97 Å². The number of para-hydroxylation sites is 1. The van der Waals surface area contributed by atoms with Crippen molar-refractivity contribution in [3.05, 3.63) is 54.2 Å². The third-order valence-corrected chi connectivity index (χ3v) is 15.3. The van der Waals surface area contributed by atoms with Crippen molar-refractivity contribution in [3.63, 3.8) is 0 Å². The van der Waals surface area contributed by atoms with Crippen LogP contribution in [0.15, 0.2) is 48.0 Å². The van der Waals surface area contributed by atoms with E-state index in [1.165, 1.54) is 40.2 Å². The first-order chi connectivity index (χ1) is 39.6. The summed E-state index contributed by atoms with van der Waals surface area (Å²) < 4.78 is 0. The number of amides is 11. The first-order valence-electron chi connectivity index (χ1n) is 26.8. The molecule has 1 aliphatic heterocycles. The van der Waals surface area contributed by atoms with E-state index in [1.807, 2.05) is 18.2 Å². The number of rotatable bonds is 25. The summed E-state index contributed by atoms with van der Waals surface area (Å²) in [5.41, 5.74) is 23.9. The number of fused-ring (bicyclic) bond motifs is 1. The number of carboxylic acid groups (broad SMARTS) is 1. The normalized spacial score (nSPS) is 20.3. The lowest BCUT2D eigenvalue weighted by atomic mass is 10.00. The molecule has 11 atom stereocenters. The van der Waals surface area contributed by atoms with Gasteiger partial charge < -0.3 is 91.2 Å². The number of aliphatic carboxylic acids is 1. The molecule has 1 fully saturated rings. The third kappa shape index (κ3) is 22.0. The van der Waals surface area contributed by atoms with Crippen LogP contribution in [0.5, 0.6) is 0 Å². The molecule has 3 aromatic rings. The van der Waals surface area contributed by atoms with E-state index in [2.05, 4.69) is 73.1 Å². The quantitative estimate of drug-likeness (QED) is 0.0164. The van der Waals surface area contributed by atoms with Crippen molar-refractivity contribution in [2.45, 2.75) is 147 Å². The number of H-pyrrole nitrogens is 2. The number of benzene rings is 1. The SMILES string of the molecule is CC(C)C[C@H](NC(=O)[C@@H]1CSSC[C@H](NC(=O)[C@H](C)NC(=O)[C@H](C)NC(=O)[C@@H](N)CC(=O)O)C(=O)N[C@@H](C)C(=O)N[C@@H](C)C(=O)N[C@@H](Cc2cnc[nH]2)C(=O)N1)C(=O)N[C@@H](Cc1c[nH]c2ccccc12)C(=O)N[C@@H](CCCN=C(N)N)C(N)=O. The minimum absolute atomic E-state index is 0.000665. The van der Waals surface area contributed by atoms with Gasteiger partial charge in [-0.15, -0.1) is 0 Å². The Morgan fingerprint density at radius 2 is 1.35 bits per heavy atom. The van der Waals surface area contributed by atoms with Crippen LogP contribution in [0.1, 0.15) is 78.5 Å². The Kier molecular flexibility index (Phi) is 26.7. The molecule has 31 nitrogen and oxygen atoms in total. The number of nitrogens with two attached hydrogens (primary N) is 4. The zero-order valence-corrected chi connectivity index (χ0v) is 48.8. The van der Waals surface area contributed by atoms with E-state index in [9.17, 15) is 57.5 Å². The number of nitrogens with zero attached hydrogens (tertiary/aromatic N) is 2. The Balaban J connectivity index is 1.65. The summed E-state index contributed by atoms with van der Waals surface area (Å²) in [6.45, 7) is 8.86. The second-order valence-electron chi connectivity index (χ2n) is 20.4. The molecule has 0 unspecified atom stereocenters. The van der Waals surface area contributed by atoms with Crippen molar-refractivity contribution in [3.8, 4) is 0 Å². The van der Waals surface area contributed by atoms with Gasteiger partial charge in [0.15, 0.2) is 5.96 Å². The van der Waals surface area contributed by atoms with Gasteiger partial charge in [0, 0.05) is 59.9 Å². The van der Waals surface area contributed by atoms with Crippen LogP contribution in [0.4, 0.5) is 0 Å². The lowest BCUT2D eigenvalue weighted by Crippen LogP contribution is -2.61. The number of aromatic amines is 2. The number of hydrogen-bond donors (Lipinski definition) is 17. The largest absolute Gasteiger partial charge is 0.481 e. The fraction of sp³-hybridized carbons (Fsp3) is 0.529. The average molecular weight is 1210 g/mol. The third-order valence-electron chi connectivity index (χ3n) is 12.8. The van der Waals surface area contributed by atoms with E-state index < -0.39 is 144 Å². The lowest BCUT2D eigenvalue weighted by Gasteiger charge is -2.28. The molecule has 0 spiro atoms. The Labute approximate surface area is 491 Å². The molecule has 460 valence electrons. The second kappa shape index (κ2) is 33.0. The maximum absolute atomic E-state index is 14.7. The molecule has 0 aliphatic carbocycles. The number of carboxylic acids is 1. The summed E-state index contributed by atoms with van der Waals surface area (Å²) in [6, 6.07) is -7.80. The lowest BCUT2D eigenvalue weighted by molar-refractivity contribution is -0.139. The van der Waals surface area contributed by atoms with Crippen molar-refractivity contribution in [2.24, 2.45) is 33.8 Å². The molecule has 1 aliphatic rings. The van der Waals surface area contributed by atoms with Gasteiger partial charge in [-0.05, 0) is 64.5 Å². The van der Waals surface area contributed by atoms with E-state index in [0.717, 1.165) is 32.5 Å². The molecule has 11 amide bonds. The predicted molar refractivity (Wildman–Crippen MR) is 310 cm³/mol. The van der Waals surface area contributed by atoms with Gasteiger partial charge in [0.1, 0.15) is 60.4 Å². The molecule has 4 rings (SSSR count). The molecule has 0 bridgehead atoms. The van der Waals surface area contributed by atoms with Crippen molar-refractivity contribution in [2.75, 3.05) is 18.1 Å². The molecular weight excluding hydrogens is 1140 g/mol. The number of nitrogens with one attached hydrogen (secondary N) is 12. The number of aliphatic imine (C=N–C) groups is 1.